The first kappa shape index (κ1) is 6.87. The summed E-state index contributed by atoms with van der Waals surface area (Å²) in [4.78, 5) is 12.1. The fraction of sp³-hybridized carbons (Fsp3) is 0.667. The van der Waals surface area contributed by atoms with Gasteiger partial charge in [0, 0.05) is 13.1 Å². The minimum atomic E-state index is -0.341. The van der Waals surface area contributed by atoms with Gasteiger partial charge in [-0.3, -0.25) is 0 Å². The molecule has 1 fully saturated rings. The molecule has 0 saturated carbocycles. The van der Waals surface area contributed by atoms with Gasteiger partial charge >= 0.3 is 6.09 Å². The van der Waals surface area contributed by atoms with E-state index < -0.39 is 0 Å². The molecule has 0 spiro atoms. The SMILES string of the molecule is COC(=O)N1CC(C#N)C1. The Morgan fingerprint density at radius 2 is 2.40 bits per heavy atom. The molecule has 1 rings (SSSR count). The maximum atomic E-state index is 10.6. The zero-order chi connectivity index (χ0) is 7.56. The van der Waals surface area contributed by atoms with Crippen molar-refractivity contribution in [2.75, 3.05) is 20.2 Å². The summed E-state index contributed by atoms with van der Waals surface area (Å²) in [6.45, 7) is 1.03. The number of likely N-dealkylation sites (tertiary alicyclic amines) is 1. The zero-order valence-corrected chi connectivity index (χ0v) is 5.70. The molecule has 0 N–H and O–H groups in total. The lowest BCUT2D eigenvalue weighted by atomic mass is 10.0. The molecule has 1 aliphatic rings. The number of carbonyl (C=O) groups excluding carboxylic acids is 1. The lowest BCUT2D eigenvalue weighted by molar-refractivity contribution is 0.0829. The number of methoxy groups -OCH3 is 1. The summed E-state index contributed by atoms with van der Waals surface area (Å²) in [7, 11) is 1.34. The van der Waals surface area contributed by atoms with E-state index in [1.807, 2.05) is 0 Å². The fourth-order valence-electron chi connectivity index (χ4n) is 0.838. The van der Waals surface area contributed by atoms with Crippen molar-refractivity contribution >= 4 is 6.09 Å². The molecule has 0 radical (unpaired) electrons. The maximum absolute atomic E-state index is 10.6. The molecule has 1 saturated heterocycles. The molecule has 4 heteroatoms. The van der Waals surface area contributed by atoms with Crippen LogP contribution in [0.4, 0.5) is 4.79 Å². The van der Waals surface area contributed by atoms with Gasteiger partial charge < -0.3 is 9.64 Å². The van der Waals surface area contributed by atoms with Gasteiger partial charge in [0.15, 0.2) is 0 Å². The number of rotatable bonds is 0. The largest absolute Gasteiger partial charge is 0.453 e. The fourth-order valence-corrected chi connectivity index (χ4v) is 0.838. The van der Waals surface area contributed by atoms with Crippen LogP contribution in [0.5, 0.6) is 0 Å². The van der Waals surface area contributed by atoms with Crippen molar-refractivity contribution in [1.82, 2.24) is 4.90 Å². The van der Waals surface area contributed by atoms with Gasteiger partial charge in [0.25, 0.3) is 0 Å². The molecule has 54 valence electrons. The van der Waals surface area contributed by atoms with E-state index in [9.17, 15) is 4.79 Å². The summed E-state index contributed by atoms with van der Waals surface area (Å²) in [5.41, 5.74) is 0. The monoisotopic (exact) mass is 140 g/mol. The number of ether oxygens (including phenoxy) is 1. The van der Waals surface area contributed by atoms with E-state index in [1.54, 1.807) is 0 Å². The van der Waals surface area contributed by atoms with Crippen molar-refractivity contribution in [3.05, 3.63) is 0 Å². The summed E-state index contributed by atoms with van der Waals surface area (Å²) in [6, 6.07) is 2.06. The van der Waals surface area contributed by atoms with Gasteiger partial charge in [-0.1, -0.05) is 0 Å². The molecule has 10 heavy (non-hydrogen) atoms. The van der Waals surface area contributed by atoms with Crippen molar-refractivity contribution in [3.63, 3.8) is 0 Å². The summed E-state index contributed by atoms with van der Waals surface area (Å²) in [5, 5.41) is 8.33. The smallest absolute Gasteiger partial charge is 0.409 e. The topological polar surface area (TPSA) is 53.3 Å². The molecular weight excluding hydrogens is 132 g/mol. The molecule has 1 amide bonds. The van der Waals surface area contributed by atoms with Crippen molar-refractivity contribution in [3.8, 4) is 6.07 Å². The number of amides is 1. The van der Waals surface area contributed by atoms with E-state index in [0.717, 1.165) is 0 Å². The number of carbonyl (C=O) groups is 1. The average Bonchev–Trinajstić information content (AvgIpc) is 1.85. The highest BCUT2D eigenvalue weighted by atomic mass is 16.5. The highest BCUT2D eigenvalue weighted by Crippen LogP contribution is 2.14. The second-order valence-electron chi connectivity index (χ2n) is 2.20. The van der Waals surface area contributed by atoms with Gasteiger partial charge in [0.05, 0.1) is 19.1 Å². The molecule has 0 aliphatic carbocycles. The Labute approximate surface area is 59.0 Å². The molecule has 0 unspecified atom stereocenters. The third-order valence-electron chi connectivity index (χ3n) is 1.50. The van der Waals surface area contributed by atoms with E-state index in [2.05, 4.69) is 10.8 Å². The van der Waals surface area contributed by atoms with Crippen LogP contribution in [0.2, 0.25) is 0 Å². The molecule has 0 aromatic carbocycles. The highest BCUT2D eigenvalue weighted by Gasteiger charge is 2.30. The van der Waals surface area contributed by atoms with Crippen LogP contribution in [0.25, 0.3) is 0 Å². The van der Waals surface area contributed by atoms with Crippen LogP contribution >= 0.6 is 0 Å². The Kier molecular flexibility index (Phi) is 1.76. The average molecular weight is 140 g/mol. The van der Waals surface area contributed by atoms with Crippen LogP contribution in [0.15, 0.2) is 0 Å². The Hall–Kier alpha value is -1.24. The van der Waals surface area contributed by atoms with E-state index in [4.69, 9.17) is 5.26 Å². The Bertz CT molecular complexity index is 179. The predicted octanol–water partition coefficient (Wildman–Crippen LogP) is 0.208. The van der Waals surface area contributed by atoms with Crippen LogP contribution in [0, 0.1) is 17.2 Å². The summed E-state index contributed by atoms with van der Waals surface area (Å²) < 4.78 is 4.42. The third kappa shape index (κ3) is 1.03. The predicted molar refractivity (Wildman–Crippen MR) is 33.1 cm³/mol. The van der Waals surface area contributed by atoms with E-state index in [-0.39, 0.29) is 12.0 Å². The van der Waals surface area contributed by atoms with Gasteiger partial charge in [0.1, 0.15) is 0 Å². The number of nitrogens with zero attached hydrogens (tertiary/aromatic N) is 2. The second kappa shape index (κ2) is 2.56. The molecule has 0 aromatic heterocycles. The minimum Gasteiger partial charge on any atom is -0.453 e. The zero-order valence-electron chi connectivity index (χ0n) is 5.70. The molecule has 0 bridgehead atoms. The maximum Gasteiger partial charge on any atom is 0.409 e. The van der Waals surface area contributed by atoms with Gasteiger partial charge in [-0.05, 0) is 0 Å². The van der Waals surface area contributed by atoms with E-state index in [0.29, 0.717) is 13.1 Å². The van der Waals surface area contributed by atoms with E-state index in [1.165, 1.54) is 12.0 Å². The molecule has 1 aliphatic heterocycles. The van der Waals surface area contributed by atoms with Crippen LogP contribution in [-0.4, -0.2) is 31.2 Å². The summed E-state index contributed by atoms with van der Waals surface area (Å²) in [5.74, 6) is 0.0131. The van der Waals surface area contributed by atoms with Gasteiger partial charge in [-0.15, -0.1) is 0 Å². The third-order valence-corrected chi connectivity index (χ3v) is 1.50. The van der Waals surface area contributed by atoms with Crippen molar-refractivity contribution in [2.45, 2.75) is 0 Å². The quantitative estimate of drug-likeness (QED) is 0.483. The Balaban J connectivity index is 2.27. The van der Waals surface area contributed by atoms with Crippen LogP contribution in [-0.2, 0) is 4.74 Å². The van der Waals surface area contributed by atoms with Gasteiger partial charge in [0.2, 0.25) is 0 Å². The second-order valence-corrected chi connectivity index (χ2v) is 2.20. The first-order valence-electron chi connectivity index (χ1n) is 3.00. The Morgan fingerprint density at radius 3 is 2.80 bits per heavy atom. The minimum absolute atomic E-state index is 0.0131. The lowest BCUT2D eigenvalue weighted by Gasteiger charge is -2.33. The number of hydrogen-bond acceptors (Lipinski definition) is 3. The number of nitriles is 1. The van der Waals surface area contributed by atoms with E-state index >= 15 is 0 Å². The molecule has 0 atom stereocenters. The highest BCUT2D eigenvalue weighted by molar-refractivity contribution is 5.68. The summed E-state index contributed by atoms with van der Waals surface area (Å²) >= 11 is 0. The molecule has 0 aromatic rings. The molecule has 1 heterocycles. The van der Waals surface area contributed by atoms with Crippen LogP contribution in [0.3, 0.4) is 0 Å². The normalized spacial score (nSPS) is 17.4. The summed E-state index contributed by atoms with van der Waals surface area (Å²) in [6.07, 6.45) is -0.341. The molecular formula is C6H8N2O2. The van der Waals surface area contributed by atoms with Crippen LogP contribution < -0.4 is 0 Å². The van der Waals surface area contributed by atoms with Crippen molar-refractivity contribution in [2.24, 2.45) is 5.92 Å². The van der Waals surface area contributed by atoms with Crippen molar-refractivity contribution < 1.29 is 9.53 Å². The number of hydrogen-bond donors (Lipinski definition) is 0. The Morgan fingerprint density at radius 1 is 1.80 bits per heavy atom. The van der Waals surface area contributed by atoms with Gasteiger partial charge in [-0.25, -0.2) is 4.79 Å². The van der Waals surface area contributed by atoms with Gasteiger partial charge in [-0.2, -0.15) is 5.26 Å². The van der Waals surface area contributed by atoms with Crippen molar-refractivity contribution in [1.29, 1.82) is 5.26 Å². The van der Waals surface area contributed by atoms with Crippen LogP contribution in [0.1, 0.15) is 0 Å². The lowest BCUT2D eigenvalue weighted by Crippen LogP contribution is -2.49. The molecule has 4 nitrogen and oxygen atoms in total. The first-order valence-corrected chi connectivity index (χ1v) is 3.00. The first-order chi connectivity index (χ1) is 4.77. The standard InChI is InChI=1S/C6H8N2O2/c1-10-6(9)8-3-5(2-7)4-8/h5H,3-4H2,1H3.